The maximum Gasteiger partial charge on any atom is 0.234 e. The van der Waals surface area contributed by atoms with Gasteiger partial charge in [0.1, 0.15) is 5.03 Å². The summed E-state index contributed by atoms with van der Waals surface area (Å²) in [7, 11) is 0. The fourth-order valence-corrected chi connectivity index (χ4v) is 4.04. The lowest BCUT2D eigenvalue weighted by molar-refractivity contribution is -0.113. The molecule has 0 aliphatic rings. The van der Waals surface area contributed by atoms with Gasteiger partial charge in [0, 0.05) is 22.2 Å². The van der Waals surface area contributed by atoms with Crippen LogP contribution in [0.2, 0.25) is 5.02 Å². The lowest BCUT2D eigenvalue weighted by Crippen LogP contribution is -2.14. The highest BCUT2D eigenvalue weighted by Crippen LogP contribution is 2.24. The molecule has 1 aromatic heterocycles. The number of thioether (sulfide) groups is 2. The zero-order valence-electron chi connectivity index (χ0n) is 14.7. The van der Waals surface area contributed by atoms with Crippen molar-refractivity contribution in [3.05, 3.63) is 76.9 Å². The number of carbonyl (C=O) groups is 1. The number of rotatable bonds is 7. The summed E-state index contributed by atoms with van der Waals surface area (Å²) >= 11 is 8.89. The van der Waals surface area contributed by atoms with Gasteiger partial charge in [-0.1, -0.05) is 65.5 Å². The van der Waals surface area contributed by atoms with Crippen LogP contribution in [0, 0.1) is 6.92 Å². The van der Waals surface area contributed by atoms with Crippen molar-refractivity contribution in [1.29, 1.82) is 0 Å². The van der Waals surface area contributed by atoms with E-state index in [0.717, 1.165) is 32.7 Å². The van der Waals surface area contributed by atoms with Gasteiger partial charge in [0.15, 0.2) is 5.16 Å². The van der Waals surface area contributed by atoms with Crippen LogP contribution in [0.15, 0.2) is 70.8 Å². The van der Waals surface area contributed by atoms with Crippen LogP contribution in [0.1, 0.15) is 11.3 Å². The van der Waals surface area contributed by atoms with Gasteiger partial charge < -0.3 is 5.32 Å². The Morgan fingerprint density at radius 2 is 1.78 bits per heavy atom. The Balaban J connectivity index is 1.56. The smallest absolute Gasteiger partial charge is 0.234 e. The van der Waals surface area contributed by atoms with Crippen molar-refractivity contribution in [2.75, 3.05) is 11.1 Å². The Morgan fingerprint density at radius 1 is 1.04 bits per heavy atom. The summed E-state index contributed by atoms with van der Waals surface area (Å²) in [6.07, 6.45) is 0. The molecule has 0 unspecified atom stereocenters. The molecular weight excluding hydrogens is 398 g/mol. The van der Waals surface area contributed by atoms with Crippen LogP contribution in [0.5, 0.6) is 0 Å². The quantitative estimate of drug-likeness (QED) is 0.315. The lowest BCUT2D eigenvalue weighted by atomic mass is 10.2. The number of nitrogens with one attached hydrogen (secondary N) is 1. The second-order valence-electron chi connectivity index (χ2n) is 5.75. The van der Waals surface area contributed by atoms with Crippen molar-refractivity contribution in [1.82, 2.24) is 9.97 Å². The zero-order chi connectivity index (χ0) is 19.1. The van der Waals surface area contributed by atoms with E-state index >= 15 is 0 Å². The number of benzene rings is 2. The molecule has 1 N–H and O–H groups in total. The summed E-state index contributed by atoms with van der Waals surface area (Å²) in [5, 5.41) is 5.10. The van der Waals surface area contributed by atoms with E-state index in [4.69, 9.17) is 11.6 Å². The molecule has 0 spiro atoms. The number of anilines is 1. The summed E-state index contributed by atoms with van der Waals surface area (Å²) in [5.41, 5.74) is 2.83. The molecule has 0 aliphatic carbocycles. The van der Waals surface area contributed by atoms with E-state index in [2.05, 4.69) is 15.3 Å². The molecule has 138 valence electrons. The number of nitrogens with zero attached hydrogens (tertiary/aromatic N) is 2. The first-order chi connectivity index (χ1) is 13.1. The van der Waals surface area contributed by atoms with E-state index in [-0.39, 0.29) is 5.91 Å². The summed E-state index contributed by atoms with van der Waals surface area (Å²) in [6.45, 7) is 1.93. The molecule has 0 radical (unpaired) electrons. The van der Waals surface area contributed by atoms with E-state index in [1.54, 1.807) is 11.8 Å². The minimum absolute atomic E-state index is 0.0576. The largest absolute Gasteiger partial charge is 0.325 e. The van der Waals surface area contributed by atoms with Crippen LogP contribution >= 0.6 is 35.1 Å². The first kappa shape index (κ1) is 19.7. The standard InChI is InChI=1S/C20H18ClN3OS2/c1-14-11-19(26-13-18(25)23-17-5-3-2-4-6-17)24-20(22-14)27-12-15-7-9-16(21)10-8-15/h2-11H,12-13H2,1H3,(H,23,25). The summed E-state index contributed by atoms with van der Waals surface area (Å²) in [4.78, 5) is 21.1. The molecule has 0 saturated carbocycles. The van der Waals surface area contributed by atoms with Gasteiger partial charge in [-0.2, -0.15) is 0 Å². The van der Waals surface area contributed by atoms with E-state index in [9.17, 15) is 4.79 Å². The maximum absolute atomic E-state index is 12.1. The molecule has 0 atom stereocenters. The molecule has 3 aromatic rings. The van der Waals surface area contributed by atoms with Crippen LogP contribution in [0.4, 0.5) is 5.69 Å². The minimum Gasteiger partial charge on any atom is -0.325 e. The Hall–Kier alpha value is -2.02. The van der Waals surface area contributed by atoms with Crippen molar-refractivity contribution >= 4 is 46.7 Å². The second-order valence-corrected chi connectivity index (χ2v) is 8.12. The van der Waals surface area contributed by atoms with Gasteiger partial charge in [0.2, 0.25) is 5.91 Å². The third kappa shape index (κ3) is 6.57. The van der Waals surface area contributed by atoms with E-state index in [0.29, 0.717) is 10.9 Å². The number of amides is 1. The Labute approximate surface area is 172 Å². The predicted octanol–water partition coefficient (Wildman–Crippen LogP) is 5.46. The number of hydrogen-bond acceptors (Lipinski definition) is 5. The average Bonchev–Trinajstić information content (AvgIpc) is 2.66. The average molecular weight is 416 g/mol. The number of aryl methyl sites for hydroxylation is 1. The van der Waals surface area contributed by atoms with Crippen LogP contribution in [0.25, 0.3) is 0 Å². The van der Waals surface area contributed by atoms with Gasteiger partial charge in [0.25, 0.3) is 0 Å². The van der Waals surface area contributed by atoms with Gasteiger partial charge in [-0.3, -0.25) is 4.79 Å². The molecule has 3 rings (SSSR count). The summed E-state index contributed by atoms with van der Waals surface area (Å²) in [6, 6.07) is 19.1. The maximum atomic E-state index is 12.1. The Bertz CT molecular complexity index is 905. The molecule has 27 heavy (non-hydrogen) atoms. The Morgan fingerprint density at radius 3 is 2.52 bits per heavy atom. The first-order valence-electron chi connectivity index (χ1n) is 8.29. The van der Waals surface area contributed by atoms with Crippen molar-refractivity contribution in [2.45, 2.75) is 22.9 Å². The molecular formula is C20H18ClN3OS2. The van der Waals surface area contributed by atoms with E-state index < -0.39 is 0 Å². The molecule has 7 heteroatoms. The van der Waals surface area contributed by atoms with Gasteiger partial charge >= 0.3 is 0 Å². The minimum atomic E-state index is -0.0576. The van der Waals surface area contributed by atoms with Gasteiger partial charge in [-0.25, -0.2) is 9.97 Å². The summed E-state index contributed by atoms with van der Waals surface area (Å²) < 4.78 is 0. The van der Waals surface area contributed by atoms with Crippen molar-refractivity contribution in [2.24, 2.45) is 0 Å². The van der Waals surface area contributed by atoms with Crippen molar-refractivity contribution < 1.29 is 4.79 Å². The predicted molar refractivity (Wildman–Crippen MR) is 114 cm³/mol. The highest BCUT2D eigenvalue weighted by molar-refractivity contribution is 8.00. The Kier molecular flexibility index (Phi) is 7.15. The van der Waals surface area contributed by atoms with Crippen LogP contribution in [-0.4, -0.2) is 21.6 Å². The number of hydrogen-bond donors (Lipinski definition) is 1. The van der Waals surface area contributed by atoms with Gasteiger partial charge in [0.05, 0.1) is 5.75 Å². The first-order valence-corrected chi connectivity index (χ1v) is 10.6. The number of halogens is 1. The fourth-order valence-electron chi connectivity index (χ4n) is 2.24. The molecule has 1 amide bonds. The molecule has 2 aromatic carbocycles. The zero-order valence-corrected chi connectivity index (χ0v) is 17.1. The summed E-state index contributed by atoms with van der Waals surface area (Å²) in [5.74, 6) is 1.00. The molecule has 0 aliphatic heterocycles. The third-order valence-electron chi connectivity index (χ3n) is 3.50. The highest BCUT2D eigenvalue weighted by atomic mass is 35.5. The number of carbonyl (C=O) groups excluding carboxylic acids is 1. The molecule has 0 fully saturated rings. The van der Waals surface area contributed by atoms with Crippen LogP contribution < -0.4 is 5.32 Å². The monoisotopic (exact) mass is 415 g/mol. The topological polar surface area (TPSA) is 54.9 Å². The van der Waals surface area contributed by atoms with Gasteiger partial charge in [-0.05, 0) is 42.8 Å². The number of para-hydroxylation sites is 1. The lowest BCUT2D eigenvalue weighted by Gasteiger charge is -2.07. The van der Waals surface area contributed by atoms with Crippen molar-refractivity contribution in [3.63, 3.8) is 0 Å². The van der Waals surface area contributed by atoms with Crippen molar-refractivity contribution in [3.8, 4) is 0 Å². The SMILES string of the molecule is Cc1cc(SCC(=O)Nc2ccccc2)nc(SCc2ccc(Cl)cc2)n1. The fraction of sp³-hybridized carbons (Fsp3) is 0.150. The number of aromatic nitrogens is 2. The molecule has 1 heterocycles. The van der Waals surface area contributed by atoms with Crippen LogP contribution in [-0.2, 0) is 10.5 Å². The van der Waals surface area contributed by atoms with Gasteiger partial charge in [-0.15, -0.1) is 0 Å². The van der Waals surface area contributed by atoms with E-state index in [1.165, 1.54) is 11.8 Å². The normalized spacial score (nSPS) is 10.6. The molecule has 0 bridgehead atoms. The third-order valence-corrected chi connectivity index (χ3v) is 5.58. The van der Waals surface area contributed by atoms with Crippen LogP contribution in [0.3, 0.4) is 0 Å². The highest BCUT2D eigenvalue weighted by Gasteiger charge is 2.08. The van der Waals surface area contributed by atoms with E-state index in [1.807, 2.05) is 67.6 Å². The molecule has 0 saturated heterocycles. The second kappa shape index (κ2) is 9.78. The molecule has 4 nitrogen and oxygen atoms in total.